The summed E-state index contributed by atoms with van der Waals surface area (Å²) >= 11 is 0. The normalized spacial score (nSPS) is 15.2. The van der Waals surface area contributed by atoms with Gasteiger partial charge >= 0.3 is 5.97 Å². The van der Waals surface area contributed by atoms with Gasteiger partial charge in [0.05, 0.1) is 0 Å². The van der Waals surface area contributed by atoms with Crippen molar-refractivity contribution < 1.29 is 14.7 Å². The van der Waals surface area contributed by atoms with E-state index >= 15 is 0 Å². The number of carbonyl (C=O) groups excluding carboxylic acids is 1. The number of amides is 1. The van der Waals surface area contributed by atoms with Gasteiger partial charge in [-0.2, -0.15) is 0 Å². The summed E-state index contributed by atoms with van der Waals surface area (Å²) in [5.41, 5.74) is 1.04. The summed E-state index contributed by atoms with van der Waals surface area (Å²) in [6, 6.07) is 1.63. The van der Waals surface area contributed by atoms with Gasteiger partial charge in [0.2, 0.25) is 0 Å². The highest BCUT2D eigenvalue weighted by Gasteiger charge is 2.20. The zero-order chi connectivity index (χ0) is 13.0. The van der Waals surface area contributed by atoms with Crippen molar-refractivity contribution in [2.24, 2.45) is 0 Å². The van der Waals surface area contributed by atoms with Gasteiger partial charge in [-0.25, -0.2) is 4.79 Å². The zero-order valence-electron chi connectivity index (χ0n) is 9.87. The van der Waals surface area contributed by atoms with E-state index in [0.717, 1.165) is 32.0 Å². The van der Waals surface area contributed by atoms with Gasteiger partial charge in [-0.15, -0.1) is 0 Å². The summed E-state index contributed by atoms with van der Waals surface area (Å²) < 4.78 is 0. The molecule has 0 bridgehead atoms. The average Bonchev–Trinajstić information content (AvgIpc) is 2.89. The first-order chi connectivity index (χ1) is 8.68. The van der Waals surface area contributed by atoms with E-state index in [-0.39, 0.29) is 5.91 Å². The van der Waals surface area contributed by atoms with Gasteiger partial charge < -0.3 is 10.0 Å². The van der Waals surface area contributed by atoms with Crippen LogP contribution in [0, 0.1) is 0 Å². The molecule has 94 valence electrons. The quantitative estimate of drug-likeness (QED) is 0.819. The van der Waals surface area contributed by atoms with Crippen molar-refractivity contribution in [1.82, 2.24) is 9.88 Å². The maximum atomic E-state index is 12.2. The SMILES string of the molecule is O=C(O)C=Cc1cnccc1C(=O)N1CCCC1. The van der Waals surface area contributed by atoms with Crippen molar-refractivity contribution in [3.8, 4) is 0 Å². The number of likely N-dealkylation sites (tertiary alicyclic amines) is 1. The number of carboxylic acids is 1. The fraction of sp³-hybridized carbons (Fsp3) is 0.308. The number of aliphatic carboxylic acids is 1. The van der Waals surface area contributed by atoms with Crippen LogP contribution in [0.3, 0.4) is 0 Å². The van der Waals surface area contributed by atoms with E-state index in [4.69, 9.17) is 5.11 Å². The van der Waals surface area contributed by atoms with Crippen molar-refractivity contribution in [2.75, 3.05) is 13.1 Å². The molecule has 0 radical (unpaired) electrons. The molecule has 1 saturated heterocycles. The Balaban J connectivity index is 2.26. The Morgan fingerprint density at radius 1 is 1.33 bits per heavy atom. The van der Waals surface area contributed by atoms with E-state index in [1.54, 1.807) is 17.2 Å². The number of hydrogen-bond acceptors (Lipinski definition) is 3. The van der Waals surface area contributed by atoms with Crippen LogP contribution >= 0.6 is 0 Å². The van der Waals surface area contributed by atoms with Gasteiger partial charge in [-0.3, -0.25) is 9.78 Å². The third-order valence-corrected chi connectivity index (χ3v) is 2.88. The molecular formula is C13H14N2O3. The average molecular weight is 246 g/mol. The third kappa shape index (κ3) is 2.74. The Hall–Kier alpha value is -2.17. The number of pyridine rings is 1. The van der Waals surface area contributed by atoms with E-state index in [1.807, 2.05) is 0 Å². The van der Waals surface area contributed by atoms with E-state index in [9.17, 15) is 9.59 Å². The van der Waals surface area contributed by atoms with E-state index in [0.29, 0.717) is 11.1 Å². The lowest BCUT2D eigenvalue weighted by atomic mass is 10.1. The molecule has 1 aliphatic heterocycles. The minimum Gasteiger partial charge on any atom is -0.478 e. The first kappa shape index (κ1) is 12.3. The van der Waals surface area contributed by atoms with Crippen molar-refractivity contribution in [3.63, 3.8) is 0 Å². The Kier molecular flexibility index (Phi) is 3.72. The van der Waals surface area contributed by atoms with E-state index < -0.39 is 5.97 Å². The molecule has 2 rings (SSSR count). The second-order valence-electron chi connectivity index (χ2n) is 4.13. The summed E-state index contributed by atoms with van der Waals surface area (Å²) in [5, 5.41) is 8.61. The van der Waals surface area contributed by atoms with Crippen LogP contribution in [0.2, 0.25) is 0 Å². The maximum absolute atomic E-state index is 12.2. The molecule has 1 amide bonds. The number of nitrogens with zero attached hydrogens (tertiary/aromatic N) is 2. The molecule has 5 nitrogen and oxygen atoms in total. The van der Waals surface area contributed by atoms with Crippen molar-refractivity contribution >= 4 is 18.0 Å². The highest BCUT2D eigenvalue weighted by atomic mass is 16.4. The van der Waals surface area contributed by atoms with Gasteiger partial charge in [0, 0.05) is 42.7 Å². The number of aromatic nitrogens is 1. The second-order valence-corrected chi connectivity index (χ2v) is 4.13. The lowest BCUT2D eigenvalue weighted by Crippen LogP contribution is -2.28. The topological polar surface area (TPSA) is 70.5 Å². The maximum Gasteiger partial charge on any atom is 0.328 e. The molecule has 1 N–H and O–H groups in total. The molecule has 0 unspecified atom stereocenters. The van der Waals surface area contributed by atoms with Gasteiger partial charge in [-0.1, -0.05) is 0 Å². The lowest BCUT2D eigenvalue weighted by molar-refractivity contribution is -0.131. The van der Waals surface area contributed by atoms with Crippen molar-refractivity contribution in [1.29, 1.82) is 0 Å². The number of hydrogen-bond donors (Lipinski definition) is 1. The summed E-state index contributed by atoms with van der Waals surface area (Å²) in [6.07, 6.45) is 7.51. The van der Waals surface area contributed by atoms with E-state index in [2.05, 4.69) is 4.98 Å². The standard InChI is InChI=1S/C13H14N2O3/c16-12(17)4-3-10-9-14-6-5-11(10)13(18)15-7-1-2-8-15/h3-6,9H,1-2,7-8H2,(H,16,17). The first-order valence-electron chi connectivity index (χ1n) is 5.83. The highest BCUT2D eigenvalue weighted by Crippen LogP contribution is 2.16. The van der Waals surface area contributed by atoms with Crippen LogP contribution in [0.4, 0.5) is 0 Å². The number of carboxylic acid groups (broad SMARTS) is 1. The molecule has 1 fully saturated rings. The number of rotatable bonds is 3. The Morgan fingerprint density at radius 3 is 2.72 bits per heavy atom. The molecule has 0 aliphatic carbocycles. The summed E-state index contributed by atoms with van der Waals surface area (Å²) in [4.78, 5) is 28.4. The van der Waals surface area contributed by atoms with Crippen molar-refractivity contribution in [2.45, 2.75) is 12.8 Å². The second kappa shape index (κ2) is 5.44. The molecule has 0 spiro atoms. The van der Waals surface area contributed by atoms with Crippen LogP contribution in [0.25, 0.3) is 6.08 Å². The molecule has 1 aromatic heterocycles. The minimum absolute atomic E-state index is 0.0556. The Bertz CT molecular complexity index is 491. The van der Waals surface area contributed by atoms with Crippen LogP contribution < -0.4 is 0 Å². The molecule has 5 heteroatoms. The number of carbonyl (C=O) groups is 2. The van der Waals surface area contributed by atoms with Gasteiger partial charge in [0.15, 0.2) is 0 Å². The largest absolute Gasteiger partial charge is 0.478 e. The summed E-state index contributed by atoms with van der Waals surface area (Å²) in [5.74, 6) is -1.10. The molecular weight excluding hydrogens is 232 g/mol. The fourth-order valence-electron chi connectivity index (χ4n) is 1.99. The minimum atomic E-state index is -1.04. The molecule has 0 atom stereocenters. The molecule has 0 saturated carbocycles. The lowest BCUT2D eigenvalue weighted by Gasteiger charge is -2.16. The monoisotopic (exact) mass is 246 g/mol. The summed E-state index contributed by atoms with van der Waals surface area (Å²) in [7, 11) is 0. The third-order valence-electron chi connectivity index (χ3n) is 2.88. The van der Waals surface area contributed by atoms with Gasteiger partial charge in [0.25, 0.3) is 5.91 Å². The van der Waals surface area contributed by atoms with Crippen molar-refractivity contribution in [3.05, 3.63) is 35.7 Å². The highest BCUT2D eigenvalue weighted by molar-refractivity contribution is 5.98. The van der Waals surface area contributed by atoms with Crippen LogP contribution in [-0.4, -0.2) is 40.0 Å². The predicted molar refractivity (Wildman–Crippen MR) is 66.0 cm³/mol. The van der Waals surface area contributed by atoms with Gasteiger partial charge in [-0.05, 0) is 25.0 Å². The van der Waals surface area contributed by atoms with Gasteiger partial charge in [0.1, 0.15) is 0 Å². The molecule has 1 aromatic rings. The summed E-state index contributed by atoms with van der Waals surface area (Å²) in [6.45, 7) is 1.53. The zero-order valence-corrected chi connectivity index (χ0v) is 9.87. The Morgan fingerprint density at radius 2 is 2.06 bits per heavy atom. The van der Waals surface area contributed by atoms with Crippen LogP contribution in [0.1, 0.15) is 28.8 Å². The fourth-order valence-corrected chi connectivity index (χ4v) is 1.99. The molecule has 2 heterocycles. The molecule has 1 aliphatic rings. The molecule has 18 heavy (non-hydrogen) atoms. The predicted octanol–water partition coefficient (Wildman–Crippen LogP) is 1.42. The van der Waals surface area contributed by atoms with Crippen LogP contribution in [0.15, 0.2) is 24.5 Å². The molecule has 0 aromatic carbocycles. The Labute approximate surface area is 105 Å². The van der Waals surface area contributed by atoms with E-state index in [1.165, 1.54) is 12.3 Å². The van der Waals surface area contributed by atoms with Crippen LogP contribution in [0.5, 0.6) is 0 Å². The first-order valence-corrected chi connectivity index (χ1v) is 5.83. The van der Waals surface area contributed by atoms with Crippen LogP contribution in [-0.2, 0) is 4.79 Å². The smallest absolute Gasteiger partial charge is 0.328 e.